The molecule has 0 unspecified atom stereocenters. The second-order valence-electron chi connectivity index (χ2n) is 5.51. The van der Waals surface area contributed by atoms with Gasteiger partial charge in [-0.2, -0.15) is 5.10 Å². The van der Waals surface area contributed by atoms with Gasteiger partial charge in [0.2, 0.25) is 0 Å². The summed E-state index contributed by atoms with van der Waals surface area (Å²) >= 11 is 0. The Morgan fingerprint density at radius 3 is 2.32 bits per heavy atom. The van der Waals surface area contributed by atoms with E-state index in [1.165, 1.54) is 11.1 Å². The van der Waals surface area contributed by atoms with Crippen molar-refractivity contribution in [1.29, 1.82) is 0 Å². The minimum atomic E-state index is 1.00. The first-order valence-electron chi connectivity index (χ1n) is 7.42. The lowest BCUT2D eigenvalue weighted by atomic mass is 10.1. The van der Waals surface area contributed by atoms with Gasteiger partial charge in [0.1, 0.15) is 0 Å². The molecule has 22 heavy (non-hydrogen) atoms. The molecule has 0 aliphatic rings. The van der Waals surface area contributed by atoms with E-state index in [1.54, 1.807) is 0 Å². The van der Waals surface area contributed by atoms with Crippen LogP contribution in [0.5, 0.6) is 0 Å². The fraction of sp³-hybridized carbons (Fsp3) is 0.0500. The van der Waals surface area contributed by atoms with Gasteiger partial charge in [-0.3, -0.25) is 0 Å². The van der Waals surface area contributed by atoms with Gasteiger partial charge in [0.25, 0.3) is 0 Å². The van der Waals surface area contributed by atoms with Gasteiger partial charge in [-0.05, 0) is 31.2 Å². The summed E-state index contributed by atoms with van der Waals surface area (Å²) in [6.45, 7) is 2.11. The number of hydrogen-bond acceptors (Lipinski definition) is 1. The summed E-state index contributed by atoms with van der Waals surface area (Å²) in [5.74, 6) is 0. The van der Waals surface area contributed by atoms with Gasteiger partial charge in [0.05, 0.1) is 16.9 Å². The van der Waals surface area contributed by atoms with Crippen molar-refractivity contribution in [3.05, 3.63) is 84.4 Å². The summed E-state index contributed by atoms with van der Waals surface area (Å²) < 4.78 is 2.02. The van der Waals surface area contributed by atoms with Gasteiger partial charge in [-0.15, -0.1) is 0 Å². The molecule has 0 aliphatic heterocycles. The highest BCUT2D eigenvalue weighted by molar-refractivity contribution is 5.70. The Hall–Kier alpha value is -2.87. The van der Waals surface area contributed by atoms with Gasteiger partial charge < -0.3 is 0 Å². The molecule has 2 aromatic heterocycles. The number of benzene rings is 2. The molecular formula is C20H16N2. The van der Waals surface area contributed by atoms with Crippen molar-refractivity contribution in [2.75, 3.05) is 0 Å². The molecule has 0 amide bonds. The average molecular weight is 284 g/mol. The number of rotatable bonds is 2. The molecule has 0 N–H and O–H groups in total. The Bertz CT molecular complexity index is 936. The van der Waals surface area contributed by atoms with E-state index in [-0.39, 0.29) is 0 Å². The average Bonchev–Trinajstić information content (AvgIpc) is 3.00. The zero-order valence-corrected chi connectivity index (χ0v) is 12.4. The van der Waals surface area contributed by atoms with E-state index in [0.29, 0.717) is 0 Å². The Labute approximate surface area is 129 Å². The lowest BCUT2D eigenvalue weighted by molar-refractivity contribution is 0.974. The van der Waals surface area contributed by atoms with E-state index in [1.807, 2.05) is 22.7 Å². The predicted octanol–water partition coefficient (Wildman–Crippen LogP) is 4.98. The van der Waals surface area contributed by atoms with Crippen molar-refractivity contribution in [2.45, 2.75) is 6.92 Å². The third-order valence-corrected chi connectivity index (χ3v) is 3.87. The summed E-state index contributed by atoms with van der Waals surface area (Å²) in [7, 11) is 0. The zero-order chi connectivity index (χ0) is 14.9. The van der Waals surface area contributed by atoms with Gasteiger partial charge in [-0.1, -0.05) is 60.2 Å². The molecule has 2 nitrogen and oxygen atoms in total. The van der Waals surface area contributed by atoms with Crippen LogP contribution in [0.3, 0.4) is 0 Å². The molecule has 0 atom stereocenters. The smallest absolute Gasteiger partial charge is 0.0933 e. The first-order chi connectivity index (χ1) is 10.8. The lowest BCUT2D eigenvalue weighted by Gasteiger charge is -2.05. The van der Waals surface area contributed by atoms with E-state index >= 15 is 0 Å². The minimum absolute atomic E-state index is 1.00. The van der Waals surface area contributed by atoms with Gasteiger partial charge in [-0.25, -0.2) is 4.52 Å². The molecule has 0 saturated carbocycles. The number of aromatic nitrogens is 2. The summed E-state index contributed by atoms with van der Waals surface area (Å²) in [6.07, 6.45) is 0. The molecule has 0 spiro atoms. The molecule has 0 bridgehead atoms. The Kier molecular flexibility index (Phi) is 3.01. The molecule has 0 aliphatic carbocycles. The van der Waals surface area contributed by atoms with Crippen LogP contribution >= 0.6 is 0 Å². The number of hydrogen-bond donors (Lipinski definition) is 0. The Morgan fingerprint density at radius 1 is 0.727 bits per heavy atom. The molecule has 4 rings (SSSR count). The van der Waals surface area contributed by atoms with E-state index in [9.17, 15) is 0 Å². The Morgan fingerprint density at radius 2 is 1.50 bits per heavy atom. The van der Waals surface area contributed by atoms with Crippen LogP contribution in [0.15, 0.2) is 78.9 Å². The quantitative estimate of drug-likeness (QED) is 0.507. The fourth-order valence-corrected chi connectivity index (χ4v) is 2.79. The molecular weight excluding hydrogens is 268 g/mol. The monoisotopic (exact) mass is 284 g/mol. The topological polar surface area (TPSA) is 17.3 Å². The van der Waals surface area contributed by atoms with E-state index in [2.05, 4.69) is 67.6 Å². The maximum Gasteiger partial charge on any atom is 0.0933 e. The highest BCUT2D eigenvalue weighted by Crippen LogP contribution is 2.25. The number of pyridine rings is 1. The van der Waals surface area contributed by atoms with Crippen LogP contribution in [-0.2, 0) is 0 Å². The normalized spacial score (nSPS) is 11.0. The third kappa shape index (κ3) is 2.19. The maximum absolute atomic E-state index is 4.81. The fourth-order valence-electron chi connectivity index (χ4n) is 2.79. The largest absolute Gasteiger partial charge is 0.232 e. The van der Waals surface area contributed by atoms with Gasteiger partial charge >= 0.3 is 0 Å². The highest BCUT2D eigenvalue weighted by Gasteiger charge is 2.08. The second-order valence-corrected chi connectivity index (χ2v) is 5.51. The molecule has 0 saturated heterocycles. The number of fused-ring (bicyclic) bond motifs is 1. The molecule has 2 heterocycles. The molecule has 106 valence electrons. The van der Waals surface area contributed by atoms with E-state index in [4.69, 9.17) is 5.10 Å². The van der Waals surface area contributed by atoms with Crippen molar-refractivity contribution in [1.82, 2.24) is 9.61 Å². The Balaban J connectivity index is 1.92. The molecule has 4 aromatic rings. The van der Waals surface area contributed by atoms with Crippen LogP contribution in [0, 0.1) is 6.92 Å². The predicted molar refractivity (Wildman–Crippen MR) is 90.8 cm³/mol. The summed E-state index contributed by atoms with van der Waals surface area (Å²) in [4.78, 5) is 0. The minimum Gasteiger partial charge on any atom is -0.232 e. The molecule has 2 aromatic carbocycles. The van der Waals surface area contributed by atoms with Crippen molar-refractivity contribution < 1.29 is 0 Å². The molecule has 0 radical (unpaired) electrons. The van der Waals surface area contributed by atoms with Crippen LogP contribution in [0.4, 0.5) is 0 Å². The lowest BCUT2D eigenvalue weighted by Crippen LogP contribution is -1.94. The zero-order valence-electron chi connectivity index (χ0n) is 12.4. The highest BCUT2D eigenvalue weighted by atomic mass is 15.2. The van der Waals surface area contributed by atoms with Crippen LogP contribution in [0.2, 0.25) is 0 Å². The standard InChI is InChI=1S/C20H16N2/c1-15-7-5-10-17(13-15)20-12-6-11-18-14-19(21-22(18)20)16-8-3-2-4-9-16/h2-14H,1H3. The summed E-state index contributed by atoms with van der Waals surface area (Å²) in [6, 6.07) is 27.2. The third-order valence-electron chi connectivity index (χ3n) is 3.87. The first-order valence-corrected chi connectivity index (χ1v) is 7.42. The van der Waals surface area contributed by atoms with Crippen molar-refractivity contribution in [3.63, 3.8) is 0 Å². The molecule has 0 fully saturated rings. The van der Waals surface area contributed by atoms with Crippen LogP contribution in [0.1, 0.15) is 5.56 Å². The van der Waals surface area contributed by atoms with Crippen molar-refractivity contribution in [2.24, 2.45) is 0 Å². The van der Waals surface area contributed by atoms with Crippen molar-refractivity contribution in [3.8, 4) is 22.5 Å². The maximum atomic E-state index is 4.81. The number of nitrogens with zero attached hydrogens (tertiary/aromatic N) is 2. The van der Waals surface area contributed by atoms with Crippen LogP contribution in [0.25, 0.3) is 28.0 Å². The van der Waals surface area contributed by atoms with Gasteiger partial charge in [0.15, 0.2) is 0 Å². The van der Waals surface area contributed by atoms with E-state index < -0.39 is 0 Å². The summed E-state index contributed by atoms with van der Waals surface area (Å²) in [5.41, 5.74) is 6.81. The second kappa shape index (κ2) is 5.15. The summed E-state index contributed by atoms with van der Waals surface area (Å²) in [5, 5.41) is 4.81. The first kappa shape index (κ1) is 12.8. The number of aryl methyl sites for hydroxylation is 1. The van der Waals surface area contributed by atoms with Gasteiger partial charge in [0, 0.05) is 11.1 Å². The van der Waals surface area contributed by atoms with Crippen LogP contribution in [-0.4, -0.2) is 9.61 Å². The molecule has 2 heteroatoms. The van der Waals surface area contributed by atoms with Crippen LogP contribution < -0.4 is 0 Å². The SMILES string of the molecule is Cc1cccc(-c2cccc3cc(-c4ccccc4)nn23)c1. The van der Waals surface area contributed by atoms with Crippen molar-refractivity contribution >= 4 is 5.52 Å². The van der Waals surface area contributed by atoms with E-state index in [0.717, 1.165) is 22.5 Å².